The lowest BCUT2D eigenvalue weighted by Crippen LogP contribution is -2.05. The number of hydrogen-bond donors (Lipinski definition) is 1. The van der Waals surface area contributed by atoms with Crippen molar-refractivity contribution in [2.75, 3.05) is 5.32 Å². The average molecular weight is 310 g/mol. The Bertz CT molecular complexity index is 874. The number of aryl methyl sites for hydroxylation is 2. The molecule has 0 saturated heterocycles. The first-order valence-electron chi connectivity index (χ1n) is 6.90. The highest BCUT2D eigenvalue weighted by molar-refractivity contribution is 5.57. The molecule has 23 heavy (non-hydrogen) atoms. The fraction of sp³-hybridized carbons (Fsp3) is 0.133. The summed E-state index contributed by atoms with van der Waals surface area (Å²) >= 11 is 0. The Kier molecular flexibility index (Phi) is 3.71. The van der Waals surface area contributed by atoms with Crippen molar-refractivity contribution in [3.63, 3.8) is 0 Å². The van der Waals surface area contributed by atoms with Crippen molar-refractivity contribution in [3.05, 3.63) is 64.1 Å². The number of aromatic nitrogens is 4. The quantitative estimate of drug-likeness (QED) is 0.587. The Morgan fingerprint density at radius 1 is 1.22 bits per heavy atom. The number of anilines is 2. The van der Waals surface area contributed by atoms with Gasteiger partial charge in [-0.1, -0.05) is 12.1 Å². The van der Waals surface area contributed by atoms with Crippen LogP contribution in [0.15, 0.2) is 42.7 Å². The van der Waals surface area contributed by atoms with Gasteiger partial charge in [0.15, 0.2) is 0 Å². The summed E-state index contributed by atoms with van der Waals surface area (Å²) in [5.74, 6) is 0.865. The van der Waals surface area contributed by atoms with E-state index in [1.54, 1.807) is 6.07 Å². The van der Waals surface area contributed by atoms with Crippen LogP contribution >= 0.6 is 0 Å². The smallest absolute Gasteiger partial charge is 0.307 e. The first kappa shape index (κ1) is 14.6. The van der Waals surface area contributed by atoms with Gasteiger partial charge in [0.25, 0.3) is 5.95 Å². The van der Waals surface area contributed by atoms with E-state index in [0.29, 0.717) is 5.82 Å². The van der Waals surface area contributed by atoms with Crippen molar-refractivity contribution in [1.82, 2.24) is 19.7 Å². The number of nitrogens with zero attached hydrogens (tertiary/aromatic N) is 5. The summed E-state index contributed by atoms with van der Waals surface area (Å²) in [5.41, 5.74) is 2.65. The van der Waals surface area contributed by atoms with E-state index >= 15 is 0 Å². The Morgan fingerprint density at radius 3 is 2.74 bits per heavy atom. The van der Waals surface area contributed by atoms with Crippen LogP contribution in [-0.2, 0) is 0 Å². The topological polar surface area (TPSA) is 98.8 Å². The molecule has 0 amide bonds. The highest BCUT2D eigenvalue weighted by Crippen LogP contribution is 2.18. The highest BCUT2D eigenvalue weighted by Gasteiger charge is 2.12. The maximum Gasteiger partial charge on any atom is 0.307 e. The molecule has 2 heterocycles. The zero-order chi connectivity index (χ0) is 16.4. The standard InChI is InChI=1S/C15H14N6O2/c1-10-4-3-5-12(6-10)18-14-7-11(2)17-15(19-14)20-9-13(8-16-20)21(22)23/h3-9H,1-2H3,(H,17,18,19). The third kappa shape index (κ3) is 3.31. The zero-order valence-electron chi connectivity index (χ0n) is 12.6. The maximum atomic E-state index is 10.8. The Balaban J connectivity index is 1.93. The second-order valence-electron chi connectivity index (χ2n) is 5.09. The number of hydrogen-bond acceptors (Lipinski definition) is 6. The summed E-state index contributed by atoms with van der Waals surface area (Å²) in [6.07, 6.45) is 2.45. The van der Waals surface area contributed by atoms with Crippen molar-refractivity contribution in [1.29, 1.82) is 0 Å². The predicted molar refractivity (Wildman–Crippen MR) is 85.0 cm³/mol. The van der Waals surface area contributed by atoms with Crippen LogP contribution in [0.2, 0.25) is 0 Å². The number of nitrogens with one attached hydrogen (secondary N) is 1. The van der Waals surface area contributed by atoms with E-state index in [0.717, 1.165) is 16.9 Å². The van der Waals surface area contributed by atoms with E-state index in [-0.39, 0.29) is 11.6 Å². The van der Waals surface area contributed by atoms with Gasteiger partial charge in [0, 0.05) is 17.4 Å². The van der Waals surface area contributed by atoms with Gasteiger partial charge in [-0.3, -0.25) is 10.1 Å². The molecular weight excluding hydrogens is 296 g/mol. The molecule has 3 aromatic rings. The summed E-state index contributed by atoms with van der Waals surface area (Å²) in [7, 11) is 0. The van der Waals surface area contributed by atoms with Gasteiger partial charge in [0.1, 0.15) is 18.2 Å². The zero-order valence-corrected chi connectivity index (χ0v) is 12.6. The van der Waals surface area contributed by atoms with Gasteiger partial charge in [-0.05, 0) is 31.5 Å². The molecule has 0 bridgehead atoms. The second kappa shape index (κ2) is 5.84. The normalized spacial score (nSPS) is 10.5. The molecule has 0 saturated carbocycles. The molecule has 0 aliphatic carbocycles. The summed E-state index contributed by atoms with van der Waals surface area (Å²) < 4.78 is 1.28. The molecular formula is C15H14N6O2. The van der Waals surface area contributed by atoms with Gasteiger partial charge in [-0.2, -0.15) is 14.8 Å². The van der Waals surface area contributed by atoms with Crippen LogP contribution in [-0.4, -0.2) is 24.7 Å². The Morgan fingerprint density at radius 2 is 2.04 bits per heavy atom. The van der Waals surface area contributed by atoms with Crippen molar-refractivity contribution < 1.29 is 4.92 Å². The van der Waals surface area contributed by atoms with Gasteiger partial charge in [-0.25, -0.2) is 4.98 Å². The molecule has 0 aliphatic heterocycles. The first-order chi connectivity index (χ1) is 11.0. The van der Waals surface area contributed by atoms with E-state index in [1.165, 1.54) is 17.1 Å². The molecule has 2 aromatic heterocycles. The van der Waals surface area contributed by atoms with Crippen LogP contribution in [0, 0.1) is 24.0 Å². The average Bonchev–Trinajstić information content (AvgIpc) is 2.96. The highest BCUT2D eigenvalue weighted by atomic mass is 16.6. The minimum Gasteiger partial charge on any atom is -0.340 e. The lowest BCUT2D eigenvalue weighted by molar-refractivity contribution is -0.384. The molecule has 8 heteroatoms. The first-order valence-corrected chi connectivity index (χ1v) is 6.90. The molecule has 0 fully saturated rings. The van der Waals surface area contributed by atoms with Crippen molar-refractivity contribution in [2.45, 2.75) is 13.8 Å². The van der Waals surface area contributed by atoms with Crippen LogP contribution in [0.3, 0.4) is 0 Å². The number of rotatable bonds is 4. The predicted octanol–water partition coefficient (Wildman–Crippen LogP) is 2.93. The fourth-order valence-electron chi connectivity index (χ4n) is 2.11. The lowest BCUT2D eigenvalue weighted by atomic mass is 10.2. The summed E-state index contributed by atoms with van der Waals surface area (Å²) in [6, 6.07) is 9.68. The molecule has 1 aromatic carbocycles. The van der Waals surface area contributed by atoms with Crippen LogP contribution < -0.4 is 5.32 Å². The van der Waals surface area contributed by atoms with Crippen LogP contribution in [0.1, 0.15) is 11.3 Å². The molecule has 0 unspecified atom stereocenters. The molecule has 0 radical (unpaired) electrons. The van der Waals surface area contributed by atoms with Crippen LogP contribution in [0.25, 0.3) is 5.95 Å². The van der Waals surface area contributed by atoms with Gasteiger partial charge >= 0.3 is 5.69 Å². The minimum atomic E-state index is -0.509. The summed E-state index contributed by atoms with van der Waals surface area (Å²) in [4.78, 5) is 18.9. The molecule has 8 nitrogen and oxygen atoms in total. The third-order valence-electron chi connectivity index (χ3n) is 3.12. The summed E-state index contributed by atoms with van der Waals surface area (Å²) in [5, 5.41) is 17.9. The largest absolute Gasteiger partial charge is 0.340 e. The van der Waals surface area contributed by atoms with Crippen molar-refractivity contribution >= 4 is 17.2 Å². The number of benzene rings is 1. The molecule has 0 aliphatic rings. The Labute approximate surface area is 132 Å². The molecule has 0 spiro atoms. The van der Waals surface area contributed by atoms with Crippen LogP contribution in [0.5, 0.6) is 0 Å². The van der Waals surface area contributed by atoms with Gasteiger partial charge in [-0.15, -0.1) is 0 Å². The third-order valence-corrected chi connectivity index (χ3v) is 3.12. The SMILES string of the molecule is Cc1cccc(Nc2cc(C)nc(-n3cc([N+](=O)[O-])cn3)n2)c1. The molecule has 116 valence electrons. The van der Waals surface area contributed by atoms with Gasteiger partial charge in [0.05, 0.1) is 4.92 Å². The molecule has 3 rings (SSSR count). The molecule has 0 atom stereocenters. The van der Waals surface area contributed by atoms with Crippen molar-refractivity contribution in [2.24, 2.45) is 0 Å². The van der Waals surface area contributed by atoms with E-state index in [9.17, 15) is 10.1 Å². The Hall–Kier alpha value is -3.29. The van der Waals surface area contributed by atoms with E-state index in [4.69, 9.17) is 0 Å². The van der Waals surface area contributed by atoms with Gasteiger partial charge in [0.2, 0.25) is 0 Å². The minimum absolute atomic E-state index is 0.108. The second-order valence-corrected chi connectivity index (χ2v) is 5.09. The van der Waals surface area contributed by atoms with E-state index < -0.39 is 4.92 Å². The summed E-state index contributed by atoms with van der Waals surface area (Å²) in [6.45, 7) is 3.83. The van der Waals surface area contributed by atoms with E-state index in [1.807, 2.05) is 38.1 Å². The maximum absolute atomic E-state index is 10.8. The van der Waals surface area contributed by atoms with Gasteiger partial charge < -0.3 is 5.32 Å². The fourth-order valence-corrected chi connectivity index (χ4v) is 2.11. The van der Waals surface area contributed by atoms with E-state index in [2.05, 4.69) is 20.4 Å². The van der Waals surface area contributed by atoms with Crippen molar-refractivity contribution in [3.8, 4) is 5.95 Å². The molecule has 1 N–H and O–H groups in total. The lowest BCUT2D eigenvalue weighted by Gasteiger charge is -2.08. The number of nitro groups is 1. The monoisotopic (exact) mass is 310 g/mol. The van der Waals surface area contributed by atoms with Crippen LogP contribution in [0.4, 0.5) is 17.2 Å².